The summed E-state index contributed by atoms with van der Waals surface area (Å²) in [4.78, 5) is 14.0. The van der Waals surface area contributed by atoms with Crippen LogP contribution in [0, 0.1) is 0 Å². The number of aromatic nitrogens is 4. The number of halogens is 1. The van der Waals surface area contributed by atoms with Gasteiger partial charge in [0.1, 0.15) is 0 Å². The third-order valence-corrected chi connectivity index (χ3v) is 3.75. The van der Waals surface area contributed by atoms with Gasteiger partial charge in [0.2, 0.25) is 0 Å². The first-order valence-corrected chi connectivity index (χ1v) is 7.08. The van der Waals surface area contributed by atoms with Crippen molar-refractivity contribution in [1.29, 1.82) is 0 Å². The molecule has 1 amide bonds. The van der Waals surface area contributed by atoms with Crippen LogP contribution in [0.4, 0.5) is 4.79 Å². The summed E-state index contributed by atoms with van der Waals surface area (Å²) in [5.74, 6) is 0.428. The second-order valence-electron chi connectivity index (χ2n) is 4.90. The number of rotatable bonds is 2. The van der Waals surface area contributed by atoms with Crippen LogP contribution < -0.4 is 0 Å². The fourth-order valence-electron chi connectivity index (χ4n) is 2.50. The molecule has 1 aromatic heterocycles. The first-order valence-electron chi connectivity index (χ1n) is 6.70. The number of nitrogens with zero attached hydrogens (tertiary/aromatic N) is 5. The molecule has 0 bridgehead atoms. The van der Waals surface area contributed by atoms with Crippen LogP contribution >= 0.6 is 11.6 Å². The molecule has 0 radical (unpaired) electrons. The van der Waals surface area contributed by atoms with Crippen molar-refractivity contribution in [3.63, 3.8) is 0 Å². The summed E-state index contributed by atoms with van der Waals surface area (Å²) in [5, 5.41) is 22.2. The topological polar surface area (TPSA) is 84.1 Å². The van der Waals surface area contributed by atoms with Crippen LogP contribution in [-0.2, 0) is 0 Å². The van der Waals surface area contributed by atoms with Gasteiger partial charge in [0.15, 0.2) is 5.82 Å². The molecule has 8 heteroatoms. The number of piperidine rings is 1. The van der Waals surface area contributed by atoms with Gasteiger partial charge < -0.3 is 5.11 Å². The monoisotopic (exact) mass is 307 g/mol. The van der Waals surface area contributed by atoms with Crippen molar-refractivity contribution in [3.8, 4) is 5.69 Å². The van der Waals surface area contributed by atoms with Crippen LogP contribution in [0.3, 0.4) is 0 Å². The van der Waals surface area contributed by atoms with E-state index in [1.807, 2.05) is 6.07 Å². The average Bonchev–Trinajstić information content (AvgIpc) is 2.97. The summed E-state index contributed by atoms with van der Waals surface area (Å²) < 4.78 is 0. The Morgan fingerprint density at radius 3 is 3.00 bits per heavy atom. The minimum absolute atomic E-state index is 0.329. The molecule has 1 aromatic carbocycles. The second-order valence-corrected chi connectivity index (χ2v) is 5.34. The lowest BCUT2D eigenvalue weighted by Gasteiger charge is -2.31. The molecule has 2 aromatic rings. The lowest BCUT2D eigenvalue weighted by molar-refractivity contribution is 0.103. The summed E-state index contributed by atoms with van der Waals surface area (Å²) in [5.41, 5.74) is 0.693. The number of benzene rings is 1. The fourth-order valence-corrected chi connectivity index (χ4v) is 2.68. The molecule has 1 saturated heterocycles. The Morgan fingerprint density at radius 2 is 2.24 bits per heavy atom. The molecule has 3 rings (SSSR count). The number of carbonyl (C=O) groups is 1. The molecule has 1 unspecified atom stereocenters. The molecule has 110 valence electrons. The van der Waals surface area contributed by atoms with E-state index in [0.717, 1.165) is 12.8 Å². The molecule has 1 fully saturated rings. The van der Waals surface area contributed by atoms with E-state index in [1.165, 1.54) is 9.70 Å². The summed E-state index contributed by atoms with van der Waals surface area (Å²) in [6.07, 6.45) is 1.60. The Kier molecular flexibility index (Phi) is 3.74. The Hall–Kier alpha value is -2.15. The molecule has 0 aliphatic carbocycles. The van der Waals surface area contributed by atoms with Gasteiger partial charge in [0.25, 0.3) is 0 Å². The highest BCUT2D eigenvalue weighted by Gasteiger charge is 2.31. The van der Waals surface area contributed by atoms with E-state index in [-0.39, 0.29) is 6.04 Å². The molecule has 1 aliphatic heterocycles. The van der Waals surface area contributed by atoms with E-state index in [9.17, 15) is 9.90 Å². The minimum Gasteiger partial charge on any atom is -0.465 e. The molecule has 1 atom stereocenters. The predicted molar refractivity (Wildman–Crippen MR) is 75.5 cm³/mol. The van der Waals surface area contributed by atoms with Crippen molar-refractivity contribution in [1.82, 2.24) is 25.1 Å². The summed E-state index contributed by atoms with van der Waals surface area (Å²) in [7, 11) is 0. The second kappa shape index (κ2) is 5.69. The maximum atomic E-state index is 11.3. The summed E-state index contributed by atoms with van der Waals surface area (Å²) >= 11 is 5.94. The van der Waals surface area contributed by atoms with E-state index in [1.54, 1.807) is 18.2 Å². The third kappa shape index (κ3) is 2.82. The zero-order valence-corrected chi connectivity index (χ0v) is 11.9. The summed E-state index contributed by atoms with van der Waals surface area (Å²) in [6.45, 7) is 0.506. The van der Waals surface area contributed by atoms with Gasteiger partial charge in [0.05, 0.1) is 11.7 Å². The van der Waals surface area contributed by atoms with Gasteiger partial charge in [-0.3, -0.25) is 4.90 Å². The van der Waals surface area contributed by atoms with Gasteiger partial charge in [-0.25, -0.2) is 4.79 Å². The van der Waals surface area contributed by atoms with E-state index >= 15 is 0 Å². The van der Waals surface area contributed by atoms with Crippen LogP contribution in [0.5, 0.6) is 0 Å². The fraction of sp³-hybridized carbons (Fsp3) is 0.385. The largest absolute Gasteiger partial charge is 0.465 e. The Morgan fingerprint density at radius 1 is 1.38 bits per heavy atom. The molecular weight excluding hydrogens is 294 g/mol. The number of carboxylic acid groups (broad SMARTS) is 1. The van der Waals surface area contributed by atoms with E-state index in [0.29, 0.717) is 29.5 Å². The lowest BCUT2D eigenvalue weighted by Crippen LogP contribution is -2.38. The normalized spacial score (nSPS) is 18.7. The van der Waals surface area contributed by atoms with Crippen LogP contribution in [0.25, 0.3) is 5.69 Å². The first-order chi connectivity index (χ1) is 10.1. The molecule has 0 spiro atoms. The van der Waals surface area contributed by atoms with Gasteiger partial charge in [0, 0.05) is 11.6 Å². The lowest BCUT2D eigenvalue weighted by atomic mass is 10.0. The highest BCUT2D eigenvalue weighted by atomic mass is 35.5. The molecule has 7 nitrogen and oxygen atoms in total. The van der Waals surface area contributed by atoms with E-state index in [2.05, 4.69) is 15.4 Å². The van der Waals surface area contributed by atoms with Crippen molar-refractivity contribution in [2.45, 2.75) is 25.3 Å². The van der Waals surface area contributed by atoms with Crippen LogP contribution in [0.15, 0.2) is 24.3 Å². The zero-order chi connectivity index (χ0) is 14.8. The maximum Gasteiger partial charge on any atom is 0.407 e. The Bertz CT molecular complexity index is 660. The van der Waals surface area contributed by atoms with Gasteiger partial charge >= 0.3 is 6.09 Å². The van der Waals surface area contributed by atoms with Crippen molar-refractivity contribution in [3.05, 3.63) is 35.1 Å². The maximum absolute atomic E-state index is 11.3. The number of likely N-dealkylation sites (tertiary alicyclic amines) is 1. The number of hydrogen-bond acceptors (Lipinski definition) is 4. The zero-order valence-electron chi connectivity index (χ0n) is 11.2. The Balaban J connectivity index is 1.88. The number of tetrazole rings is 1. The predicted octanol–water partition coefficient (Wildman–Crippen LogP) is 2.52. The highest BCUT2D eigenvalue weighted by Crippen LogP contribution is 2.28. The number of amides is 1. The molecule has 1 aliphatic rings. The quantitative estimate of drug-likeness (QED) is 0.921. The van der Waals surface area contributed by atoms with Gasteiger partial charge in [-0.1, -0.05) is 17.7 Å². The van der Waals surface area contributed by atoms with Crippen LogP contribution in [0.2, 0.25) is 5.02 Å². The molecule has 21 heavy (non-hydrogen) atoms. The van der Waals surface area contributed by atoms with Crippen molar-refractivity contribution in [2.24, 2.45) is 0 Å². The van der Waals surface area contributed by atoms with Crippen LogP contribution in [0.1, 0.15) is 31.1 Å². The number of hydrogen-bond donors (Lipinski definition) is 1. The van der Waals surface area contributed by atoms with Gasteiger partial charge in [-0.15, -0.1) is 15.0 Å². The van der Waals surface area contributed by atoms with Crippen molar-refractivity contribution in [2.75, 3.05) is 6.54 Å². The van der Waals surface area contributed by atoms with E-state index < -0.39 is 6.09 Å². The minimum atomic E-state index is -0.946. The van der Waals surface area contributed by atoms with Crippen molar-refractivity contribution < 1.29 is 9.90 Å². The van der Waals surface area contributed by atoms with Gasteiger partial charge in [-0.05, 0) is 42.7 Å². The molecule has 0 saturated carbocycles. The van der Waals surface area contributed by atoms with Crippen molar-refractivity contribution >= 4 is 17.7 Å². The standard InChI is InChI=1S/C13H14ClN5O2/c14-9-4-3-5-10(8-9)19-16-12(15-17-19)11-6-1-2-7-18(11)13(20)21/h3-5,8,11H,1-2,6-7H2,(H,20,21). The van der Waals surface area contributed by atoms with Gasteiger partial charge in [-0.2, -0.15) is 0 Å². The average molecular weight is 308 g/mol. The van der Waals surface area contributed by atoms with E-state index in [4.69, 9.17) is 11.6 Å². The third-order valence-electron chi connectivity index (χ3n) is 3.51. The first kappa shape index (κ1) is 13.8. The molecular formula is C13H14ClN5O2. The SMILES string of the molecule is O=C(O)N1CCCCC1c1nnn(-c2cccc(Cl)c2)n1. The Labute approximate surface area is 126 Å². The molecule has 2 heterocycles. The highest BCUT2D eigenvalue weighted by molar-refractivity contribution is 6.30. The van der Waals surface area contributed by atoms with Crippen LogP contribution in [-0.4, -0.2) is 42.9 Å². The smallest absolute Gasteiger partial charge is 0.407 e. The summed E-state index contributed by atoms with van der Waals surface area (Å²) in [6, 6.07) is 6.76. The molecule has 1 N–H and O–H groups in total.